The molecule has 1 amide bonds. The highest BCUT2D eigenvalue weighted by Gasteiger charge is 2.28. The average Bonchev–Trinajstić information content (AvgIpc) is 3.10. The van der Waals surface area contributed by atoms with Crippen molar-refractivity contribution < 1.29 is 47.8 Å². The van der Waals surface area contributed by atoms with E-state index >= 15 is 0 Å². The second kappa shape index (κ2) is 34.8. The Labute approximate surface area is 308 Å². The molecule has 0 aliphatic heterocycles. The Bertz CT molecular complexity index is 1020. The molecular weight excluding hydrogens is 673 g/mol. The van der Waals surface area contributed by atoms with Crippen LogP contribution in [0.1, 0.15) is 162 Å². The molecule has 4 N–H and O–H groups in total. The molecule has 3 atom stereocenters. The quantitative estimate of drug-likeness (QED) is 0.0210. The van der Waals surface area contributed by atoms with Gasteiger partial charge in [-0.3, -0.25) is 18.6 Å². The van der Waals surface area contributed by atoms with Gasteiger partial charge in [-0.1, -0.05) is 134 Å². The predicted octanol–water partition coefficient (Wildman–Crippen LogP) is 9.27. The minimum atomic E-state index is -4.75. The van der Waals surface area contributed by atoms with E-state index in [1.807, 2.05) is 0 Å². The Kier molecular flexibility index (Phi) is 33.2. The lowest BCUT2D eigenvalue weighted by Crippen LogP contribution is -2.43. The molecule has 0 saturated carbocycles. The highest BCUT2D eigenvalue weighted by molar-refractivity contribution is 7.47. The summed E-state index contributed by atoms with van der Waals surface area (Å²) in [5.41, 5.74) is 0. The van der Waals surface area contributed by atoms with Crippen LogP contribution >= 0.6 is 7.82 Å². The number of hydrogen-bond donors (Lipinski definition) is 4. The number of aliphatic hydroxyl groups excluding tert-OH is 1. The number of phosphoric ester groups is 1. The maximum Gasteiger partial charge on any atom is 0.472 e. The summed E-state index contributed by atoms with van der Waals surface area (Å²) < 4.78 is 26.7. The molecule has 0 saturated heterocycles. The molecule has 11 nitrogen and oxygen atoms in total. The van der Waals surface area contributed by atoms with Crippen LogP contribution in [0, 0.1) is 0 Å². The lowest BCUT2D eigenvalue weighted by atomic mass is 10.1. The number of carboxylic acid groups (broad SMARTS) is 1. The van der Waals surface area contributed by atoms with Crippen LogP contribution in [0.25, 0.3) is 0 Å². The first-order chi connectivity index (χ1) is 24.6. The molecule has 12 heteroatoms. The first-order valence-electron chi connectivity index (χ1n) is 19.5. The molecule has 0 spiro atoms. The number of aliphatic carboxylic acids is 1. The maximum absolute atomic E-state index is 12.2. The van der Waals surface area contributed by atoms with Crippen LogP contribution in [0.2, 0.25) is 0 Å². The molecule has 0 fully saturated rings. The molecule has 51 heavy (non-hydrogen) atoms. The molecule has 0 aromatic carbocycles. The summed E-state index contributed by atoms with van der Waals surface area (Å²) in [6, 6.07) is -1.54. The summed E-state index contributed by atoms with van der Waals surface area (Å²) in [7, 11) is -4.75. The number of hydrogen-bond acceptors (Lipinski definition) is 8. The highest BCUT2D eigenvalue weighted by Crippen LogP contribution is 2.43. The Morgan fingerprint density at radius 2 is 1.08 bits per heavy atom. The lowest BCUT2D eigenvalue weighted by Gasteiger charge is -2.18. The van der Waals surface area contributed by atoms with Crippen molar-refractivity contribution in [3.63, 3.8) is 0 Å². The molecule has 0 aliphatic rings. The van der Waals surface area contributed by atoms with E-state index in [-0.39, 0.29) is 12.8 Å². The third-order valence-electron chi connectivity index (χ3n) is 8.18. The summed E-state index contributed by atoms with van der Waals surface area (Å²) >= 11 is 0. The fraction of sp³-hybridized carbons (Fsp3) is 0.769. The standard InChI is InChI=1S/C39H70NO10P/c1-3-5-7-9-11-13-14-15-16-17-18-19-20-21-22-23-25-27-29-31-38(43)48-32-35(41)33-49-51(46,47)50-34-36(39(44)45)40-37(42)30-28-26-24-12-10-8-6-4-2/h11,13,15-16,18-19,35-36,41H,3-10,12,14,17,20-34H2,1-2H3,(H,40,42)(H,44,45)(H,46,47)/b13-11-,16-15-,19-18-. The maximum atomic E-state index is 12.2. The van der Waals surface area contributed by atoms with Crippen LogP contribution < -0.4 is 5.32 Å². The molecule has 0 heterocycles. The van der Waals surface area contributed by atoms with Crippen LogP contribution in [0.15, 0.2) is 36.5 Å². The van der Waals surface area contributed by atoms with Gasteiger partial charge in [0.15, 0.2) is 6.04 Å². The molecule has 0 aromatic heterocycles. The van der Waals surface area contributed by atoms with Gasteiger partial charge < -0.3 is 25.2 Å². The first-order valence-corrected chi connectivity index (χ1v) is 21.0. The number of allylic oxidation sites excluding steroid dienone is 6. The lowest BCUT2D eigenvalue weighted by molar-refractivity contribution is -0.147. The zero-order valence-electron chi connectivity index (χ0n) is 31.7. The zero-order valence-corrected chi connectivity index (χ0v) is 32.5. The number of esters is 1. The number of ether oxygens (including phenoxy) is 1. The average molecular weight is 744 g/mol. The van der Waals surface area contributed by atoms with Crippen LogP contribution in [0.3, 0.4) is 0 Å². The van der Waals surface area contributed by atoms with Gasteiger partial charge in [0.05, 0.1) is 13.2 Å². The molecule has 3 unspecified atom stereocenters. The highest BCUT2D eigenvalue weighted by atomic mass is 31.2. The molecule has 0 radical (unpaired) electrons. The molecule has 0 rings (SSSR count). The number of nitrogens with one attached hydrogen (secondary N) is 1. The zero-order chi connectivity index (χ0) is 37.8. The first kappa shape index (κ1) is 48.7. The van der Waals surface area contributed by atoms with E-state index < -0.39 is 57.6 Å². The van der Waals surface area contributed by atoms with Crippen molar-refractivity contribution in [1.29, 1.82) is 0 Å². The monoisotopic (exact) mass is 743 g/mol. The van der Waals surface area contributed by atoms with E-state index in [0.717, 1.165) is 70.6 Å². The number of carboxylic acids is 1. The summed E-state index contributed by atoms with van der Waals surface area (Å²) in [6.45, 7) is 2.48. The van der Waals surface area contributed by atoms with Gasteiger partial charge in [-0.2, -0.15) is 0 Å². The van der Waals surface area contributed by atoms with Gasteiger partial charge in [0.25, 0.3) is 0 Å². The van der Waals surface area contributed by atoms with Crippen molar-refractivity contribution >= 4 is 25.7 Å². The number of unbranched alkanes of at least 4 members (excludes halogenated alkanes) is 16. The van der Waals surface area contributed by atoms with Crippen molar-refractivity contribution in [2.24, 2.45) is 0 Å². The summed E-state index contributed by atoms with van der Waals surface area (Å²) in [6.07, 6.45) is 34.8. The van der Waals surface area contributed by atoms with E-state index in [1.54, 1.807) is 0 Å². The number of carbonyl (C=O) groups is 3. The summed E-state index contributed by atoms with van der Waals surface area (Å²) in [4.78, 5) is 45.5. The third kappa shape index (κ3) is 34.5. The smallest absolute Gasteiger partial charge is 0.472 e. The van der Waals surface area contributed by atoms with Crippen molar-refractivity contribution in [2.45, 2.75) is 174 Å². The van der Waals surface area contributed by atoms with Gasteiger partial charge in [-0.15, -0.1) is 0 Å². The molecule has 296 valence electrons. The van der Waals surface area contributed by atoms with Gasteiger partial charge in [-0.05, 0) is 51.4 Å². The van der Waals surface area contributed by atoms with Crippen molar-refractivity contribution in [3.05, 3.63) is 36.5 Å². The SMILES string of the molecule is CCCCC/C=C\C/C=C\C/C=C\CCCCCCCCC(=O)OCC(O)COP(=O)(O)OCC(NC(=O)CCCCCCCCCC)C(=O)O. The van der Waals surface area contributed by atoms with Crippen LogP contribution in [-0.2, 0) is 32.7 Å². The van der Waals surface area contributed by atoms with Gasteiger partial charge in [0, 0.05) is 12.8 Å². The van der Waals surface area contributed by atoms with Gasteiger partial charge in [0.2, 0.25) is 5.91 Å². The van der Waals surface area contributed by atoms with E-state index in [1.165, 1.54) is 51.4 Å². The van der Waals surface area contributed by atoms with E-state index in [9.17, 15) is 34.1 Å². The van der Waals surface area contributed by atoms with E-state index in [0.29, 0.717) is 12.8 Å². The number of aliphatic hydroxyl groups is 1. The van der Waals surface area contributed by atoms with E-state index in [2.05, 4.69) is 55.6 Å². The summed E-state index contributed by atoms with van der Waals surface area (Å²) in [5.74, 6) is -2.39. The minimum Gasteiger partial charge on any atom is -0.480 e. The Morgan fingerprint density at radius 1 is 0.627 bits per heavy atom. The Morgan fingerprint density at radius 3 is 1.65 bits per heavy atom. The second-order valence-electron chi connectivity index (χ2n) is 13.1. The Balaban J connectivity index is 3.92. The normalized spacial score (nSPS) is 14.3. The molecule has 0 aliphatic carbocycles. The fourth-order valence-corrected chi connectivity index (χ4v) is 5.86. The second-order valence-corrected chi connectivity index (χ2v) is 14.6. The Hall–Kier alpha value is -2.30. The minimum absolute atomic E-state index is 0.145. The van der Waals surface area contributed by atoms with Crippen LogP contribution in [0.5, 0.6) is 0 Å². The van der Waals surface area contributed by atoms with Crippen molar-refractivity contribution in [3.8, 4) is 0 Å². The number of phosphoric acid groups is 1. The fourth-order valence-electron chi connectivity index (χ4n) is 5.08. The van der Waals surface area contributed by atoms with Crippen molar-refractivity contribution in [1.82, 2.24) is 5.32 Å². The molecule has 0 aromatic rings. The third-order valence-corrected chi connectivity index (χ3v) is 9.13. The molecule has 0 bridgehead atoms. The van der Waals surface area contributed by atoms with Gasteiger partial charge in [-0.25, -0.2) is 9.36 Å². The number of amides is 1. The van der Waals surface area contributed by atoms with Gasteiger partial charge in [0.1, 0.15) is 12.7 Å². The topological polar surface area (TPSA) is 169 Å². The number of carbonyl (C=O) groups excluding carboxylic acids is 2. The van der Waals surface area contributed by atoms with Crippen LogP contribution in [-0.4, -0.2) is 64.9 Å². The summed E-state index contributed by atoms with van der Waals surface area (Å²) in [5, 5.41) is 21.7. The number of rotatable bonds is 36. The van der Waals surface area contributed by atoms with Gasteiger partial charge >= 0.3 is 19.8 Å². The van der Waals surface area contributed by atoms with E-state index in [4.69, 9.17) is 13.8 Å². The molecular formula is C39H70NO10P. The predicted molar refractivity (Wildman–Crippen MR) is 203 cm³/mol. The van der Waals surface area contributed by atoms with Crippen LogP contribution in [0.4, 0.5) is 0 Å². The largest absolute Gasteiger partial charge is 0.480 e. The van der Waals surface area contributed by atoms with Crippen molar-refractivity contribution in [2.75, 3.05) is 19.8 Å².